The van der Waals surface area contributed by atoms with Crippen molar-refractivity contribution < 1.29 is 9.84 Å². The maximum Gasteiger partial charge on any atom is 0.123 e. The molecule has 3 nitrogen and oxygen atoms in total. The van der Waals surface area contributed by atoms with E-state index in [1.54, 1.807) is 13.2 Å². The van der Waals surface area contributed by atoms with Crippen molar-refractivity contribution in [2.45, 2.75) is 33.6 Å². The number of ether oxygens (including phenoxy) is 1. The fourth-order valence-corrected chi connectivity index (χ4v) is 4.05. The second kappa shape index (κ2) is 7.15. The van der Waals surface area contributed by atoms with Crippen LogP contribution in [-0.4, -0.2) is 26.3 Å². The van der Waals surface area contributed by atoms with Gasteiger partial charge in [0, 0.05) is 36.8 Å². The fourth-order valence-electron chi connectivity index (χ4n) is 4.05. The first-order valence-corrected chi connectivity index (χ1v) is 9.30. The molecule has 0 heterocycles. The molecule has 0 saturated carbocycles. The number of aromatic hydroxyl groups is 1. The van der Waals surface area contributed by atoms with E-state index in [9.17, 15) is 5.11 Å². The molecule has 2 aromatic rings. The summed E-state index contributed by atoms with van der Waals surface area (Å²) in [6.07, 6.45) is 0. The number of hydrogen-bond acceptors (Lipinski definition) is 3. The van der Waals surface area contributed by atoms with Crippen LogP contribution in [0.4, 0.5) is 5.69 Å². The van der Waals surface area contributed by atoms with E-state index in [0.717, 1.165) is 28.1 Å². The van der Waals surface area contributed by atoms with Crippen LogP contribution in [0.25, 0.3) is 11.1 Å². The van der Waals surface area contributed by atoms with Gasteiger partial charge in [-0.2, -0.15) is 0 Å². The summed E-state index contributed by atoms with van der Waals surface area (Å²) in [5, 5.41) is 10.7. The van der Waals surface area contributed by atoms with Gasteiger partial charge in [0.2, 0.25) is 0 Å². The lowest BCUT2D eigenvalue weighted by Gasteiger charge is -2.24. The molecule has 2 aromatic carbocycles. The Bertz CT molecular complexity index is 927. The van der Waals surface area contributed by atoms with E-state index in [4.69, 9.17) is 4.74 Å². The van der Waals surface area contributed by atoms with E-state index in [1.807, 2.05) is 43.3 Å². The summed E-state index contributed by atoms with van der Waals surface area (Å²) in [4.78, 5) is 2.04. The summed E-state index contributed by atoms with van der Waals surface area (Å²) in [5.41, 5.74) is 9.41. The van der Waals surface area contributed by atoms with Gasteiger partial charge in [-0.25, -0.2) is 0 Å². The lowest BCUT2D eigenvalue weighted by molar-refractivity contribution is 0.409. The second-order valence-corrected chi connectivity index (χ2v) is 7.57. The van der Waals surface area contributed by atoms with Gasteiger partial charge >= 0.3 is 0 Å². The van der Waals surface area contributed by atoms with Crippen LogP contribution in [0.1, 0.15) is 39.2 Å². The lowest BCUT2D eigenvalue weighted by Crippen LogP contribution is -2.09. The summed E-state index contributed by atoms with van der Waals surface area (Å²) in [7, 11) is 5.73. The van der Waals surface area contributed by atoms with Crippen LogP contribution in [0.3, 0.4) is 0 Å². The number of methoxy groups -OCH3 is 1. The van der Waals surface area contributed by atoms with Crippen molar-refractivity contribution in [1.29, 1.82) is 0 Å². The molecular formula is C24H29NO2. The number of nitrogens with zero attached hydrogens (tertiary/aromatic N) is 1. The van der Waals surface area contributed by atoms with Crippen LogP contribution >= 0.6 is 0 Å². The summed E-state index contributed by atoms with van der Waals surface area (Å²) in [6.45, 7) is 8.78. The van der Waals surface area contributed by atoms with E-state index >= 15 is 0 Å². The van der Waals surface area contributed by atoms with Crippen molar-refractivity contribution >= 4 is 5.69 Å². The number of benzene rings is 2. The number of phenols is 1. The first-order valence-electron chi connectivity index (χ1n) is 9.30. The molecule has 1 aliphatic carbocycles. The first kappa shape index (κ1) is 19.1. The highest BCUT2D eigenvalue weighted by Gasteiger charge is 2.31. The monoisotopic (exact) mass is 363 g/mol. The van der Waals surface area contributed by atoms with Crippen molar-refractivity contribution in [2.24, 2.45) is 0 Å². The number of anilines is 1. The Hall–Kier alpha value is -2.68. The van der Waals surface area contributed by atoms with Crippen LogP contribution in [-0.2, 0) is 0 Å². The summed E-state index contributed by atoms with van der Waals surface area (Å²) >= 11 is 0. The molecule has 0 radical (unpaired) electrons. The maximum atomic E-state index is 10.7. The smallest absolute Gasteiger partial charge is 0.123 e. The van der Waals surface area contributed by atoms with Gasteiger partial charge in [0.1, 0.15) is 11.5 Å². The van der Waals surface area contributed by atoms with Gasteiger partial charge in [-0.05, 0) is 68.7 Å². The quantitative estimate of drug-likeness (QED) is 0.733. The van der Waals surface area contributed by atoms with Crippen molar-refractivity contribution in [3.05, 3.63) is 64.3 Å². The predicted octanol–water partition coefficient (Wildman–Crippen LogP) is 5.90. The summed E-state index contributed by atoms with van der Waals surface area (Å²) < 4.78 is 5.77. The number of hydrogen-bond donors (Lipinski definition) is 1. The average molecular weight is 364 g/mol. The minimum absolute atomic E-state index is 0.165. The minimum Gasteiger partial charge on any atom is -0.507 e. The molecule has 142 valence electrons. The highest BCUT2D eigenvalue weighted by Crippen LogP contribution is 2.50. The molecule has 0 aromatic heterocycles. The van der Waals surface area contributed by atoms with E-state index in [-0.39, 0.29) is 11.7 Å². The van der Waals surface area contributed by atoms with Gasteiger partial charge in [0.15, 0.2) is 0 Å². The van der Waals surface area contributed by atoms with E-state index in [2.05, 4.69) is 33.8 Å². The molecule has 1 aliphatic rings. The predicted molar refractivity (Wildman–Crippen MR) is 114 cm³/mol. The second-order valence-electron chi connectivity index (χ2n) is 7.57. The van der Waals surface area contributed by atoms with Crippen molar-refractivity contribution in [1.82, 2.24) is 0 Å². The lowest BCUT2D eigenvalue weighted by atomic mass is 9.83. The zero-order chi connectivity index (χ0) is 19.9. The Kier molecular flexibility index (Phi) is 5.05. The third-order valence-electron chi connectivity index (χ3n) is 5.97. The Balaban J connectivity index is 2.31. The molecule has 0 bridgehead atoms. The topological polar surface area (TPSA) is 32.7 Å². The largest absolute Gasteiger partial charge is 0.507 e. The Morgan fingerprint density at radius 1 is 0.889 bits per heavy atom. The molecule has 0 saturated heterocycles. The van der Waals surface area contributed by atoms with E-state index in [0.29, 0.717) is 0 Å². The number of phenolic OH excluding ortho intramolecular Hbond substituents is 1. The van der Waals surface area contributed by atoms with Gasteiger partial charge in [0.05, 0.1) is 7.11 Å². The number of rotatable bonds is 4. The normalized spacial score (nSPS) is 14.9. The van der Waals surface area contributed by atoms with Crippen LogP contribution in [0.5, 0.6) is 11.5 Å². The van der Waals surface area contributed by atoms with Gasteiger partial charge in [-0.15, -0.1) is 0 Å². The van der Waals surface area contributed by atoms with Crippen LogP contribution in [0, 0.1) is 0 Å². The Morgan fingerprint density at radius 2 is 1.52 bits per heavy atom. The zero-order valence-corrected chi connectivity index (χ0v) is 17.3. The summed E-state index contributed by atoms with van der Waals surface area (Å²) in [6, 6.07) is 11.8. The van der Waals surface area contributed by atoms with Gasteiger partial charge in [0.25, 0.3) is 0 Å². The minimum atomic E-state index is 0.165. The molecule has 3 heteroatoms. The molecule has 0 spiro atoms. The fraction of sp³-hybridized carbons (Fsp3) is 0.333. The van der Waals surface area contributed by atoms with Crippen LogP contribution < -0.4 is 9.64 Å². The molecular weight excluding hydrogens is 334 g/mol. The van der Waals surface area contributed by atoms with Gasteiger partial charge < -0.3 is 14.7 Å². The molecule has 0 aliphatic heterocycles. The SMILES string of the molecule is COc1cccc(-c2cc(N(C)C)ccc2O)c1C1C(C)=C(C)C(C)=C1C. The van der Waals surface area contributed by atoms with Crippen molar-refractivity contribution in [2.75, 3.05) is 26.1 Å². The van der Waals surface area contributed by atoms with Gasteiger partial charge in [-0.3, -0.25) is 0 Å². The molecule has 1 N–H and O–H groups in total. The molecule has 0 atom stereocenters. The van der Waals surface area contributed by atoms with Gasteiger partial charge in [-0.1, -0.05) is 23.3 Å². The third kappa shape index (κ3) is 3.12. The van der Waals surface area contributed by atoms with Crippen LogP contribution in [0.15, 0.2) is 58.7 Å². The highest BCUT2D eigenvalue weighted by molar-refractivity contribution is 5.80. The molecule has 3 rings (SSSR count). The third-order valence-corrected chi connectivity index (χ3v) is 5.97. The molecule has 0 unspecified atom stereocenters. The summed E-state index contributed by atoms with van der Waals surface area (Å²) in [5.74, 6) is 1.30. The Morgan fingerprint density at radius 3 is 2.07 bits per heavy atom. The standard InChI is InChI=1S/C24H29NO2/c1-14-15(2)17(4)23(16(14)3)24-19(9-8-10-22(24)27-7)20-13-18(25(5)6)11-12-21(20)26/h8-13,23,26H,1-7H3. The molecule has 0 fully saturated rings. The van der Waals surface area contributed by atoms with E-state index in [1.165, 1.54) is 22.3 Å². The molecule has 27 heavy (non-hydrogen) atoms. The molecule has 0 amide bonds. The van der Waals surface area contributed by atoms with Crippen LogP contribution in [0.2, 0.25) is 0 Å². The Labute approximate surface area is 162 Å². The first-order chi connectivity index (χ1) is 12.8. The average Bonchev–Trinajstić information content (AvgIpc) is 2.84. The maximum absolute atomic E-state index is 10.7. The highest BCUT2D eigenvalue weighted by atomic mass is 16.5. The van der Waals surface area contributed by atoms with E-state index < -0.39 is 0 Å². The number of allylic oxidation sites excluding steroid dienone is 4. The van der Waals surface area contributed by atoms with Crippen molar-refractivity contribution in [3.63, 3.8) is 0 Å². The zero-order valence-electron chi connectivity index (χ0n) is 17.3. The van der Waals surface area contributed by atoms with Crippen molar-refractivity contribution in [3.8, 4) is 22.6 Å².